The molecule has 0 N–H and O–H groups in total. The smallest absolute Gasteiger partial charge is 0.293 e. The summed E-state index contributed by atoms with van der Waals surface area (Å²) in [6.45, 7) is 10.8. The zero-order chi connectivity index (χ0) is 13.5. The average Bonchev–Trinajstić information content (AvgIpc) is 2.29. The highest BCUT2D eigenvalue weighted by atomic mass is 16.5. The Bertz CT molecular complexity index is 555. The molecule has 0 bridgehead atoms. The molecule has 0 radical (unpaired) electrons. The summed E-state index contributed by atoms with van der Waals surface area (Å²) in [5.41, 5.74) is 1.87. The van der Waals surface area contributed by atoms with Crippen molar-refractivity contribution in [1.29, 1.82) is 0 Å². The maximum Gasteiger partial charge on any atom is 0.293 e. The number of fused-ring (bicyclic) bond motifs is 1. The first kappa shape index (κ1) is 12.9. The highest BCUT2D eigenvalue weighted by molar-refractivity contribution is 5.67. The molecular weight excluding hydrogens is 230 g/mol. The average molecular weight is 249 g/mol. The van der Waals surface area contributed by atoms with Crippen LogP contribution in [0.3, 0.4) is 0 Å². The van der Waals surface area contributed by atoms with Crippen LogP contribution in [0.4, 0.5) is 0 Å². The van der Waals surface area contributed by atoms with Gasteiger partial charge in [-0.15, -0.1) is 0 Å². The fraction of sp³-hybridized carbons (Fsp3) is 0.500. The molecule has 1 aliphatic rings. The third kappa shape index (κ3) is 1.86. The first-order chi connectivity index (χ1) is 8.38. The molecule has 1 aliphatic heterocycles. The van der Waals surface area contributed by atoms with Gasteiger partial charge >= 0.3 is 0 Å². The number of hydrogen-bond donors (Lipinski definition) is 0. The second-order valence-corrected chi connectivity index (χ2v) is 5.07. The Labute approximate surface area is 107 Å². The van der Waals surface area contributed by atoms with Gasteiger partial charge in [-0.1, -0.05) is 6.58 Å². The van der Waals surface area contributed by atoms with Gasteiger partial charge in [-0.25, -0.2) is 0 Å². The van der Waals surface area contributed by atoms with Crippen LogP contribution < -0.4 is 10.3 Å². The van der Waals surface area contributed by atoms with Gasteiger partial charge in [0.15, 0.2) is 5.75 Å². The molecule has 98 valence electrons. The second kappa shape index (κ2) is 4.28. The van der Waals surface area contributed by atoms with Gasteiger partial charge in [0.2, 0.25) is 0 Å². The van der Waals surface area contributed by atoms with Gasteiger partial charge < -0.3 is 14.0 Å². The number of pyridine rings is 1. The van der Waals surface area contributed by atoms with Crippen LogP contribution >= 0.6 is 0 Å². The maximum absolute atomic E-state index is 12.4. The highest BCUT2D eigenvalue weighted by Gasteiger charge is 2.31. The number of hydrogen-bond acceptors (Lipinski definition) is 3. The number of aromatic nitrogens is 1. The molecule has 4 nitrogen and oxygen atoms in total. The van der Waals surface area contributed by atoms with Gasteiger partial charge in [0, 0.05) is 12.1 Å². The fourth-order valence-electron chi connectivity index (χ4n) is 2.33. The van der Waals surface area contributed by atoms with E-state index in [1.165, 1.54) is 7.11 Å². The molecule has 0 aliphatic carbocycles. The van der Waals surface area contributed by atoms with Crippen LogP contribution in [0.1, 0.15) is 32.0 Å². The van der Waals surface area contributed by atoms with Gasteiger partial charge in [-0.3, -0.25) is 4.79 Å². The van der Waals surface area contributed by atoms with Crippen LogP contribution in [0.5, 0.6) is 5.75 Å². The quantitative estimate of drug-likeness (QED) is 0.806. The summed E-state index contributed by atoms with van der Waals surface area (Å²) in [5.74, 6) is 0.365. The Balaban J connectivity index is 2.79. The number of methoxy groups -OCH3 is 1. The summed E-state index contributed by atoms with van der Waals surface area (Å²) >= 11 is 0. The van der Waals surface area contributed by atoms with Crippen molar-refractivity contribution in [2.24, 2.45) is 0 Å². The lowest BCUT2D eigenvalue weighted by Gasteiger charge is -2.34. The van der Waals surface area contributed by atoms with Crippen LogP contribution in [-0.4, -0.2) is 18.3 Å². The van der Waals surface area contributed by atoms with Crippen molar-refractivity contribution in [1.82, 2.24) is 4.57 Å². The summed E-state index contributed by atoms with van der Waals surface area (Å²) in [6.07, 6.45) is 0. The highest BCUT2D eigenvalue weighted by Crippen LogP contribution is 2.32. The molecule has 0 aromatic carbocycles. The largest absolute Gasteiger partial charge is 0.491 e. The minimum absolute atomic E-state index is 0.107. The molecule has 0 atom stereocenters. The molecule has 0 fully saturated rings. The number of rotatable bonds is 2. The maximum atomic E-state index is 12.4. The van der Waals surface area contributed by atoms with Crippen LogP contribution in [0.15, 0.2) is 17.4 Å². The Morgan fingerprint density at radius 1 is 1.56 bits per heavy atom. The molecular formula is C14H19NO3. The lowest BCUT2D eigenvalue weighted by molar-refractivity contribution is -0.0522. The molecule has 2 heterocycles. The van der Waals surface area contributed by atoms with E-state index in [0.717, 1.165) is 16.8 Å². The summed E-state index contributed by atoms with van der Waals surface area (Å²) in [5, 5.41) is 0. The third-order valence-electron chi connectivity index (χ3n) is 3.31. The molecule has 0 unspecified atom stereocenters. The van der Waals surface area contributed by atoms with E-state index in [9.17, 15) is 4.79 Å². The Hall–Kier alpha value is -1.55. The van der Waals surface area contributed by atoms with Crippen LogP contribution in [0.2, 0.25) is 0 Å². The first-order valence-corrected chi connectivity index (χ1v) is 6.00. The van der Waals surface area contributed by atoms with Gasteiger partial charge in [0.05, 0.1) is 19.4 Å². The molecule has 0 saturated carbocycles. The van der Waals surface area contributed by atoms with Crippen LogP contribution in [0.25, 0.3) is 5.57 Å². The van der Waals surface area contributed by atoms with E-state index in [1.807, 2.05) is 26.8 Å². The van der Waals surface area contributed by atoms with Crippen molar-refractivity contribution in [3.05, 3.63) is 34.3 Å². The molecule has 0 spiro atoms. The summed E-state index contributed by atoms with van der Waals surface area (Å²) in [7, 11) is 1.51. The van der Waals surface area contributed by atoms with Crippen LogP contribution in [0, 0.1) is 0 Å². The third-order valence-corrected chi connectivity index (χ3v) is 3.31. The summed E-state index contributed by atoms with van der Waals surface area (Å²) in [4.78, 5) is 12.4. The lowest BCUT2D eigenvalue weighted by Crippen LogP contribution is -2.40. The SMILES string of the molecule is C=C(C)c1cc2n(c(=O)c1OC)CCOC2(C)C. The zero-order valence-corrected chi connectivity index (χ0v) is 11.4. The second-order valence-electron chi connectivity index (χ2n) is 5.07. The molecule has 4 heteroatoms. The number of allylic oxidation sites excluding steroid dienone is 1. The zero-order valence-electron chi connectivity index (χ0n) is 11.4. The van der Waals surface area contributed by atoms with Crippen molar-refractivity contribution in [3.8, 4) is 5.75 Å². The minimum Gasteiger partial charge on any atom is -0.491 e. The molecule has 1 aromatic rings. The van der Waals surface area contributed by atoms with Crippen molar-refractivity contribution in [2.75, 3.05) is 13.7 Å². The van der Waals surface area contributed by atoms with Crippen molar-refractivity contribution >= 4 is 5.57 Å². The number of ether oxygens (including phenoxy) is 2. The van der Waals surface area contributed by atoms with E-state index in [1.54, 1.807) is 4.57 Å². The summed E-state index contributed by atoms with van der Waals surface area (Å²) < 4.78 is 12.7. The monoisotopic (exact) mass is 249 g/mol. The topological polar surface area (TPSA) is 40.5 Å². The van der Waals surface area contributed by atoms with E-state index >= 15 is 0 Å². The Morgan fingerprint density at radius 2 is 2.22 bits per heavy atom. The van der Waals surface area contributed by atoms with E-state index in [2.05, 4.69) is 6.58 Å². The van der Waals surface area contributed by atoms with Crippen LogP contribution in [-0.2, 0) is 16.9 Å². The molecule has 0 amide bonds. The molecule has 0 saturated heterocycles. The van der Waals surface area contributed by atoms with Crippen molar-refractivity contribution in [2.45, 2.75) is 32.9 Å². The molecule has 2 rings (SSSR count). The Morgan fingerprint density at radius 3 is 2.78 bits per heavy atom. The first-order valence-electron chi connectivity index (χ1n) is 6.00. The van der Waals surface area contributed by atoms with E-state index in [4.69, 9.17) is 9.47 Å². The summed E-state index contributed by atoms with van der Waals surface area (Å²) in [6, 6.07) is 1.95. The predicted octanol–water partition coefficient (Wildman–Crippen LogP) is 2.16. The van der Waals surface area contributed by atoms with E-state index in [0.29, 0.717) is 18.9 Å². The predicted molar refractivity (Wildman–Crippen MR) is 70.9 cm³/mol. The van der Waals surface area contributed by atoms with E-state index in [-0.39, 0.29) is 5.56 Å². The Kier molecular flexibility index (Phi) is 3.07. The van der Waals surface area contributed by atoms with Gasteiger partial charge in [0.25, 0.3) is 5.56 Å². The normalized spacial score (nSPS) is 17.1. The lowest BCUT2D eigenvalue weighted by atomic mass is 9.97. The number of nitrogens with zero attached hydrogens (tertiary/aromatic N) is 1. The fourth-order valence-corrected chi connectivity index (χ4v) is 2.33. The van der Waals surface area contributed by atoms with Crippen molar-refractivity contribution < 1.29 is 9.47 Å². The van der Waals surface area contributed by atoms with E-state index < -0.39 is 5.60 Å². The van der Waals surface area contributed by atoms with Gasteiger partial charge in [-0.2, -0.15) is 0 Å². The molecule has 1 aromatic heterocycles. The molecule has 18 heavy (non-hydrogen) atoms. The minimum atomic E-state index is -0.464. The van der Waals surface area contributed by atoms with Crippen molar-refractivity contribution in [3.63, 3.8) is 0 Å². The van der Waals surface area contributed by atoms with Gasteiger partial charge in [0.1, 0.15) is 5.60 Å². The standard InChI is InChI=1S/C14H19NO3/c1-9(2)10-8-11-14(3,4)18-7-6-15(11)13(16)12(10)17-5/h8H,1,6-7H2,2-5H3. The van der Waals surface area contributed by atoms with Gasteiger partial charge in [-0.05, 0) is 32.4 Å².